The summed E-state index contributed by atoms with van der Waals surface area (Å²) in [5.74, 6) is -1.61. The quantitative estimate of drug-likeness (QED) is 0.633. The number of carbonyl (C=O) groups is 3. The molecule has 1 aliphatic carbocycles. The molecular formula is C27H32N2O5. The molecular weight excluding hydrogens is 432 g/mol. The second-order valence-corrected chi connectivity index (χ2v) is 9.58. The maximum atomic E-state index is 13.4. The Labute approximate surface area is 200 Å². The molecule has 2 aliphatic rings. The SMILES string of the molecule is CCCC(C)(NC(=O)OCC1c2ccccc2-c2ccccc21)C(=O)N1CCC(C)C1C(=O)O. The van der Waals surface area contributed by atoms with E-state index in [0.717, 1.165) is 22.3 Å². The van der Waals surface area contributed by atoms with Crippen LogP contribution in [-0.2, 0) is 14.3 Å². The minimum absolute atomic E-state index is 0.0814. The van der Waals surface area contributed by atoms with Gasteiger partial charge in [0, 0.05) is 12.5 Å². The molecule has 3 unspecified atom stereocenters. The number of alkyl carbamates (subject to hydrolysis) is 1. The minimum atomic E-state index is -1.24. The predicted octanol–water partition coefficient (Wildman–Crippen LogP) is 4.41. The maximum absolute atomic E-state index is 13.4. The lowest BCUT2D eigenvalue weighted by Gasteiger charge is -2.35. The van der Waals surface area contributed by atoms with Crippen molar-refractivity contribution in [3.63, 3.8) is 0 Å². The summed E-state index contributed by atoms with van der Waals surface area (Å²) in [5, 5.41) is 12.4. The number of aliphatic carboxylic acids is 1. The van der Waals surface area contributed by atoms with Crippen LogP contribution in [0, 0.1) is 5.92 Å². The fourth-order valence-corrected chi connectivity index (χ4v) is 5.45. The van der Waals surface area contributed by atoms with Crippen LogP contribution in [0.3, 0.4) is 0 Å². The monoisotopic (exact) mass is 464 g/mol. The number of benzene rings is 2. The molecule has 7 nitrogen and oxygen atoms in total. The molecule has 4 rings (SSSR count). The van der Waals surface area contributed by atoms with E-state index in [2.05, 4.69) is 17.4 Å². The number of nitrogens with one attached hydrogen (secondary N) is 1. The van der Waals surface area contributed by atoms with Crippen molar-refractivity contribution in [3.05, 3.63) is 59.7 Å². The largest absolute Gasteiger partial charge is 0.480 e. The number of hydrogen-bond acceptors (Lipinski definition) is 4. The van der Waals surface area contributed by atoms with Gasteiger partial charge in [-0.15, -0.1) is 0 Å². The molecule has 2 amide bonds. The molecule has 0 aromatic heterocycles. The van der Waals surface area contributed by atoms with Gasteiger partial charge in [0.15, 0.2) is 0 Å². The predicted molar refractivity (Wildman–Crippen MR) is 128 cm³/mol. The zero-order valence-corrected chi connectivity index (χ0v) is 19.9. The van der Waals surface area contributed by atoms with Crippen LogP contribution in [0.1, 0.15) is 57.1 Å². The van der Waals surface area contributed by atoms with Crippen molar-refractivity contribution in [1.82, 2.24) is 10.2 Å². The normalized spacial score (nSPS) is 20.9. The average Bonchev–Trinajstić information content (AvgIpc) is 3.35. The smallest absolute Gasteiger partial charge is 0.408 e. The van der Waals surface area contributed by atoms with Crippen LogP contribution in [0.5, 0.6) is 0 Å². The molecule has 34 heavy (non-hydrogen) atoms. The highest BCUT2D eigenvalue weighted by atomic mass is 16.5. The zero-order valence-electron chi connectivity index (χ0n) is 19.9. The standard InChI is InChI=1S/C27H32N2O5/c1-4-14-27(3,25(32)29-15-13-17(2)23(29)24(30)31)28-26(33)34-16-22-20-11-7-5-9-18(20)19-10-6-8-12-21(19)22/h5-12,17,22-23H,4,13-16H2,1-3H3,(H,28,33)(H,30,31). The van der Waals surface area contributed by atoms with Crippen LogP contribution >= 0.6 is 0 Å². The van der Waals surface area contributed by atoms with E-state index in [1.54, 1.807) is 6.92 Å². The first kappa shape index (κ1) is 23.8. The lowest BCUT2D eigenvalue weighted by Crippen LogP contribution is -2.60. The highest BCUT2D eigenvalue weighted by Gasteiger charge is 2.46. The van der Waals surface area contributed by atoms with Crippen molar-refractivity contribution in [2.24, 2.45) is 5.92 Å². The van der Waals surface area contributed by atoms with Crippen molar-refractivity contribution >= 4 is 18.0 Å². The molecule has 180 valence electrons. The van der Waals surface area contributed by atoms with E-state index >= 15 is 0 Å². The average molecular weight is 465 g/mol. The first-order valence-electron chi connectivity index (χ1n) is 11.9. The number of carboxylic acids is 1. The Morgan fingerprint density at radius 3 is 2.24 bits per heavy atom. The Morgan fingerprint density at radius 1 is 1.09 bits per heavy atom. The van der Waals surface area contributed by atoms with Gasteiger partial charge in [0.05, 0.1) is 0 Å². The topological polar surface area (TPSA) is 95.9 Å². The molecule has 2 aromatic carbocycles. The van der Waals surface area contributed by atoms with Crippen molar-refractivity contribution in [3.8, 4) is 11.1 Å². The summed E-state index contributed by atoms with van der Waals surface area (Å²) in [6, 6.07) is 15.3. The Bertz CT molecular complexity index is 1050. The summed E-state index contributed by atoms with van der Waals surface area (Å²) in [6.45, 7) is 5.92. The van der Waals surface area contributed by atoms with Gasteiger partial charge in [-0.1, -0.05) is 68.8 Å². The van der Waals surface area contributed by atoms with Crippen molar-refractivity contribution in [2.45, 2.75) is 57.5 Å². The molecule has 2 N–H and O–H groups in total. The maximum Gasteiger partial charge on any atom is 0.408 e. The number of likely N-dealkylation sites (tertiary alicyclic amines) is 1. The van der Waals surface area contributed by atoms with Crippen molar-refractivity contribution < 1.29 is 24.2 Å². The molecule has 1 aliphatic heterocycles. The Morgan fingerprint density at radius 2 is 1.68 bits per heavy atom. The Balaban J connectivity index is 1.48. The van der Waals surface area contributed by atoms with E-state index < -0.39 is 23.6 Å². The second kappa shape index (κ2) is 9.49. The highest BCUT2D eigenvalue weighted by molar-refractivity contribution is 5.93. The molecule has 1 saturated heterocycles. The number of amides is 2. The van der Waals surface area contributed by atoms with Crippen LogP contribution in [0.25, 0.3) is 11.1 Å². The molecule has 2 aromatic rings. The molecule has 7 heteroatoms. The number of hydrogen-bond donors (Lipinski definition) is 2. The van der Waals surface area contributed by atoms with Gasteiger partial charge in [-0.05, 0) is 47.9 Å². The third-order valence-electron chi connectivity index (χ3n) is 7.16. The number of carboxylic acid groups (broad SMARTS) is 1. The van der Waals surface area contributed by atoms with Gasteiger partial charge in [-0.25, -0.2) is 9.59 Å². The fourth-order valence-electron chi connectivity index (χ4n) is 5.45. The molecule has 1 fully saturated rings. The van der Waals surface area contributed by atoms with Gasteiger partial charge in [-0.3, -0.25) is 4.79 Å². The summed E-state index contributed by atoms with van der Waals surface area (Å²) in [5.41, 5.74) is 3.26. The zero-order chi connectivity index (χ0) is 24.5. The summed E-state index contributed by atoms with van der Waals surface area (Å²) in [6.07, 6.45) is 0.973. The van der Waals surface area contributed by atoms with E-state index in [0.29, 0.717) is 25.8 Å². The van der Waals surface area contributed by atoms with Crippen molar-refractivity contribution in [2.75, 3.05) is 13.2 Å². The summed E-state index contributed by atoms with van der Waals surface area (Å²) in [4.78, 5) is 39.5. The number of carbonyl (C=O) groups excluding carboxylic acids is 2. The number of nitrogens with zero attached hydrogens (tertiary/aromatic N) is 1. The first-order valence-corrected chi connectivity index (χ1v) is 11.9. The van der Waals surface area contributed by atoms with E-state index in [4.69, 9.17) is 4.74 Å². The minimum Gasteiger partial charge on any atom is -0.480 e. The molecule has 0 radical (unpaired) electrons. The third kappa shape index (κ3) is 4.27. The van der Waals surface area contributed by atoms with E-state index in [1.807, 2.05) is 50.2 Å². The van der Waals surface area contributed by atoms with Crippen LogP contribution in [0.2, 0.25) is 0 Å². The van der Waals surface area contributed by atoms with Crippen LogP contribution < -0.4 is 5.32 Å². The number of ether oxygens (including phenoxy) is 1. The summed E-state index contributed by atoms with van der Waals surface area (Å²) in [7, 11) is 0. The lowest BCUT2D eigenvalue weighted by atomic mass is 9.93. The van der Waals surface area contributed by atoms with Gasteiger partial charge in [0.1, 0.15) is 18.2 Å². The summed E-state index contributed by atoms with van der Waals surface area (Å²) >= 11 is 0. The Hall–Kier alpha value is -3.35. The van der Waals surface area contributed by atoms with Crippen LogP contribution in [0.4, 0.5) is 4.79 Å². The highest BCUT2D eigenvalue weighted by Crippen LogP contribution is 2.44. The summed E-state index contributed by atoms with van der Waals surface area (Å²) < 4.78 is 5.65. The number of rotatable bonds is 7. The molecule has 0 spiro atoms. The van der Waals surface area contributed by atoms with E-state index in [9.17, 15) is 19.5 Å². The van der Waals surface area contributed by atoms with Gasteiger partial charge in [0.25, 0.3) is 0 Å². The van der Waals surface area contributed by atoms with Crippen LogP contribution in [0.15, 0.2) is 48.5 Å². The molecule has 3 atom stereocenters. The Kier molecular flexibility index (Phi) is 6.64. The van der Waals surface area contributed by atoms with Gasteiger partial charge in [-0.2, -0.15) is 0 Å². The molecule has 1 heterocycles. The third-order valence-corrected chi connectivity index (χ3v) is 7.16. The van der Waals surface area contributed by atoms with E-state index in [-0.39, 0.29) is 24.3 Å². The van der Waals surface area contributed by atoms with Gasteiger partial charge < -0.3 is 20.1 Å². The fraction of sp³-hybridized carbons (Fsp3) is 0.444. The molecule has 0 saturated carbocycles. The van der Waals surface area contributed by atoms with E-state index in [1.165, 1.54) is 4.90 Å². The van der Waals surface area contributed by atoms with Gasteiger partial charge in [0.2, 0.25) is 5.91 Å². The number of fused-ring (bicyclic) bond motifs is 3. The lowest BCUT2D eigenvalue weighted by molar-refractivity contribution is -0.152. The second-order valence-electron chi connectivity index (χ2n) is 9.58. The van der Waals surface area contributed by atoms with Crippen molar-refractivity contribution in [1.29, 1.82) is 0 Å². The molecule has 0 bridgehead atoms. The van der Waals surface area contributed by atoms with Gasteiger partial charge >= 0.3 is 12.1 Å². The van der Waals surface area contributed by atoms with Crippen LogP contribution in [-0.4, -0.2) is 52.7 Å². The first-order chi connectivity index (χ1) is 16.3.